The van der Waals surface area contributed by atoms with E-state index in [2.05, 4.69) is 0 Å². The van der Waals surface area contributed by atoms with Crippen LogP contribution < -0.4 is 10.4 Å². The van der Waals surface area contributed by atoms with Gasteiger partial charge in [-0.2, -0.15) is 0 Å². The summed E-state index contributed by atoms with van der Waals surface area (Å²) in [7, 11) is 0. The molecule has 0 bridgehead atoms. The number of hydrogen-bond donors (Lipinski definition) is 1. The molecule has 0 aliphatic carbocycles. The highest BCUT2D eigenvalue weighted by Crippen LogP contribution is 2.19. The summed E-state index contributed by atoms with van der Waals surface area (Å²) in [5.74, 6) is 0.126. The van der Waals surface area contributed by atoms with Crippen molar-refractivity contribution in [3.8, 4) is 5.75 Å². The number of ether oxygens (including phenoxy) is 2. The molecular weight excluding hydrogens is 327 g/mol. The van der Waals surface area contributed by atoms with Crippen molar-refractivity contribution in [3.05, 3.63) is 76.4 Å². The van der Waals surface area contributed by atoms with Crippen molar-refractivity contribution in [2.45, 2.75) is 12.7 Å². The summed E-state index contributed by atoms with van der Waals surface area (Å²) in [6.45, 7) is 0.0850. The van der Waals surface area contributed by atoms with Gasteiger partial charge in [-0.1, -0.05) is 18.2 Å². The summed E-state index contributed by atoms with van der Waals surface area (Å²) < 4.78 is 29.3. The van der Waals surface area contributed by atoms with E-state index in [4.69, 9.17) is 13.9 Å². The third kappa shape index (κ3) is 4.65. The topological polar surface area (TPSA) is 68.9 Å². The predicted octanol–water partition coefficient (Wildman–Crippen LogP) is 2.89. The molecule has 25 heavy (non-hydrogen) atoms. The molecule has 0 aliphatic heterocycles. The van der Waals surface area contributed by atoms with E-state index in [0.29, 0.717) is 16.9 Å². The minimum atomic E-state index is -0.870. The van der Waals surface area contributed by atoms with Gasteiger partial charge in [0, 0.05) is 23.1 Å². The number of hydrogen-bond acceptors (Lipinski definition) is 5. The fourth-order valence-corrected chi connectivity index (χ4v) is 2.29. The molecule has 0 unspecified atom stereocenters. The van der Waals surface area contributed by atoms with E-state index in [1.807, 2.05) is 0 Å². The molecule has 2 aromatic carbocycles. The van der Waals surface area contributed by atoms with Gasteiger partial charge >= 0.3 is 5.63 Å². The van der Waals surface area contributed by atoms with E-state index in [0.717, 1.165) is 5.39 Å². The van der Waals surface area contributed by atoms with Crippen molar-refractivity contribution in [2.75, 3.05) is 13.2 Å². The molecule has 0 amide bonds. The maximum atomic E-state index is 13.4. The van der Waals surface area contributed by atoms with Crippen LogP contribution in [0.5, 0.6) is 5.75 Å². The fourth-order valence-electron chi connectivity index (χ4n) is 2.29. The molecule has 0 aliphatic rings. The monoisotopic (exact) mass is 344 g/mol. The third-order valence-corrected chi connectivity index (χ3v) is 3.56. The zero-order chi connectivity index (χ0) is 17.6. The van der Waals surface area contributed by atoms with Crippen LogP contribution in [-0.2, 0) is 11.3 Å². The highest BCUT2D eigenvalue weighted by atomic mass is 19.1. The molecule has 1 heterocycles. The van der Waals surface area contributed by atoms with E-state index in [-0.39, 0.29) is 25.6 Å². The summed E-state index contributed by atoms with van der Waals surface area (Å²) in [5, 5.41) is 10.7. The Balaban J connectivity index is 1.49. The van der Waals surface area contributed by atoms with Crippen molar-refractivity contribution in [2.24, 2.45) is 0 Å². The van der Waals surface area contributed by atoms with Crippen molar-refractivity contribution in [1.29, 1.82) is 0 Å². The molecule has 3 aromatic rings. The molecule has 0 saturated heterocycles. The van der Waals surface area contributed by atoms with Gasteiger partial charge in [-0.15, -0.1) is 0 Å². The predicted molar refractivity (Wildman–Crippen MR) is 90.0 cm³/mol. The maximum Gasteiger partial charge on any atom is 0.336 e. The quantitative estimate of drug-likeness (QED) is 0.668. The molecule has 3 rings (SSSR count). The van der Waals surface area contributed by atoms with Crippen LogP contribution >= 0.6 is 0 Å². The highest BCUT2D eigenvalue weighted by Gasteiger charge is 2.08. The standard InChI is InChI=1S/C19H17FO5/c20-17-4-2-1-3-14(17)10-23-11-15(21)12-24-16-7-5-13-6-8-19(22)25-18(13)9-16/h1-9,15,21H,10-12H2/t15-/m0/s1. The molecule has 0 radical (unpaired) electrons. The van der Waals surface area contributed by atoms with Gasteiger partial charge in [-0.05, 0) is 24.3 Å². The average Bonchev–Trinajstić information content (AvgIpc) is 2.61. The van der Waals surface area contributed by atoms with Crippen LogP contribution in [0.25, 0.3) is 11.0 Å². The number of halogens is 1. The first-order valence-corrected chi connectivity index (χ1v) is 7.78. The minimum Gasteiger partial charge on any atom is -0.491 e. The Morgan fingerprint density at radius 3 is 2.72 bits per heavy atom. The van der Waals surface area contributed by atoms with Gasteiger partial charge in [-0.3, -0.25) is 0 Å². The molecule has 1 N–H and O–H groups in total. The minimum absolute atomic E-state index is 0.000155. The summed E-state index contributed by atoms with van der Waals surface area (Å²) in [6.07, 6.45) is -0.870. The van der Waals surface area contributed by atoms with Crippen molar-refractivity contribution >= 4 is 11.0 Å². The van der Waals surface area contributed by atoms with E-state index >= 15 is 0 Å². The Morgan fingerprint density at radius 2 is 1.88 bits per heavy atom. The zero-order valence-electron chi connectivity index (χ0n) is 13.4. The second kappa shape index (κ2) is 7.92. The Hall–Kier alpha value is -2.70. The first kappa shape index (κ1) is 17.1. The SMILES string of the molecule is O=c1ccc2ccc(OC[C@@H](O)COCc3ccccc3F)cc2o1. The number of aliphatic hydroxyl groups excluding tert-OH is 1. The highest BCUT2D eigenvalue weighted by molar-refractivity contribution is 5.77. The number of rotatable bonds is 7. The second-order valence-corrected chi connectivity index (χ2v) is 5.53. The van der Waals surface area contributed by atoms with E-state index in [9.17, 15) is 14.3 Å². The number of benzene rings is 2. The number of aliphatic hydroxyl groups is 1. The average molecular weight is 344 g/mol. The number of fused-ring (bicyclic) bond motifs is 1. The van der Waals surface area contributed by atoms with Crippen molar-refractivity contribution < 1.29 is 23.4 Å². The zero-order valence-corrected chi connectivity index (χ0v) is 13.4. The van der Waals surface area contributed by atoms with Gasteiger partial charge in [0.1, 0.15) is 29.9 Å². The Bertz CT molecular complexity index is 905. The lowest BCUT2D eigenvalue weighted by Gasteiger charge is -2.13. The van der Waals surface area contributed by atoms with Gasteiger partial charge < -0.3 is 19.0 Å². The van der Waals surface area contributed by atoms with Crippen LogP contribution in [-0.4, -0.2) is 24.4 Å². The van der Waals surface area contributed by atoms with E-state index in [1.165, 1.54) is 12.1 Å². The lowest BCUT2D eigenvalue weighted by atomic mass is 10.2. The summed E-state index contributed by atoms with van der Waals surface area (Å²) in [6, 6.07) is 14.4. The summed E-state index contributed by atoms with van der Waals surface area (Å²) in [5.41, 5.74) is 0.404. The van der Waals surface area contributed by atoms with Crippen LogP contribution in [0.2, 0.25) is 0 Å². The van der Waals surface area contributed by atoms with Crippen molar-refractivity contribution in [1.82, 2.24) is 0 Å². The van der Waals surface area contributed by atoms with Crippen LogP contribution in [0.1, 0.15) is 5.56 Å². The van der Waals surface area contributed by atoms with Crippen LogP contribution in [0, 0.1) is 5.82 Å². The Labute approximate surface area is 143 Å². The second-order valence-electron chi connectivity index (χ2n) is 5.53. The Morgan fingerprint density at radius 1 is 1.08 bits per heavy atom. The summed E-state index contributed by atoms with van der Waals surface area (Å²) in [4.78, 5) is 11.2. The largest absolute Gasteiger partial charge is 0.491 e. The molecular formula is C19H17FO5. The first-order valence-electron chi connectivity index (χ1n) is 7.78. The van der Waals surface area contributed by atoms with Crippen molar-refractivity contribution in [3.63, 3.8) is 0 Å². The van der Waals surface area contributed by atoms with Crippen LogP contribution in [0.3, 0.4) is 0 Å². The van der Waals surface area contributed by atoms with Gasteiger partial charge in [-0.25, -0.2) is 9.18 Å². The lowest BCUT2D eigenvalue weighted by Crippen LogP contribution is -2.23. The molecule has 0 saturated carbocycles. The smallest absolute Gasteiger partial charge is 0.336 e. The lowest BCUT2D eigenvalue weighted by molar-refractivity contribution is 0.00477. The third-order valence-electron chi connectivity index (χ3n) is 3.56. The molecule has 6 heteroatoms. The maximum absolute atomic E-state index is 13.4. The summed E-state index contributed by atoms with van der Waals surface area (Å²) >= 11 is 0. The van der Waals surface area contributed by atoms with E-state index in [1.54, 1.807) is 42.5 Å². The van der Waals surface area contributed by atoms with E-state index < -0.39 is 11.7 Å². The van der Waals surface area contributed by atoms with Gasteiger partial charge in [0.05, 0.1) is 13.2 Å². The molecule has 1 atom stereocenters. The normalized spacial score (nSPS) is 12.2. The molecule has 0 fully saturated rings. The molecule has 1 aromatic heterocycles. The van der Waals surface area contributed by atoms with Crippen LogP contribution in [0.4, 0.5) is 4.39 Å². The van der Waals surface area contributed by atoms with Gasteiger partial charge in [0.25, 0.3) is 0 Å². The molecule has 130 valence electrons. The van der Waals surface area contributed by atoms with Gasteiger partial charge in [0.2, 0.25) is 0 Å². The fraction of sp³-hybridized carbons (Fsp3) is 0.211. The molecule has 0 spiro atoms. The first-order chi connectivity index (χ1) is 12.1. The van der Waals surface area contributed by atoms with Crippen LogP contribution in [0.15, 0.2) is 63.8 Å². The Kier molecular flexibility index (Phi) is 5.42. The van der Waals surface area contributed by atoms with Gasteiger partial charge in [0.15, 0.2) is 0 Å². The molecule has 5 nitrogen and oxygen atoms in total.